The van der Waals surface area contributed by atoms with Crippen LogP contribution in [-0.4, -0.2) is 48.2 Å². The smallest absolute Gasteiger partial charge is 0.236 e. The van der Waals surface area contributed by atoms with Crippen molar-refractivity contribution in [2.75, 3.05) is 20.3 Å². The van der Waals surface area contributed by atoms with Crippen molar-refractivity contribution in [3.05, 3.63) is 0 Å². The van der Waals surface area contributed by atoms with Crippen molar-refractivity contribution in [3.63, 3.8) is 0 Å². The van der Waals surface area contributed by atoms with Crippen LogP contribution in [0.5, 0.6) is 0 Å². The van der Waals surface area contributed by atoms with Crippen LogP contribution in [0.2, 0.25) is 0 Å². The number of nitrogens with two attached hydrogens (primary N) is 1. The Kier molecular flexibility index (Phi) is 5.17. The van der Waals surface area contributed by atoms with Gasteiger partial charge in [-0.2, -0.15) is 0 Å². The zero-order valence-corrected chi connectivity index (χ0v) is 12.2. The number of amides is 1. The predicted molar refractivity (Wildman–Crippen MR) is 73.0 cm³/mol. The van der Waals surface area contributed by atoms with Gasteiger partial charge in [0.1, 0.15) is 5.41 Å². The Morgan fingerprint density at radius 3 is 2.32 bits per heavy atom. The van der Waals surface area contributed by atoms with Gasteiger partial charge >= 0.3 is 0 Å². The maximum Gasteiger partial charge on any atom is 0.236 e. The fraction of sp³-hybridized carbons (Fsp3) is 0.846. The van der Waals surface area contributed by atoms with Gasteiger partial charge in [-0.25, -0.2) is 0 Å². The normalized spacial score (nSPS) is 21.2. The van der Waals surface area contributed by atoms with Crippen molar-refractivity contribution in [2.45, 2.75) is 39.7 Å². The van der Waals surface area contributed by atoms with Gasteiger partial charge in [0, 0.05) is 26.3 Å². The summed E-state index contributed by atoms with van der Waals surface area (Å²) in [4.78, 5) is 14.5. The summed E-state index contributed by atoms with van der Waals surface area (Å²) in [5, 5.41) is 12.1. The van der Waals surface area contributed by atoms with Gasteiger partial charge in [-0.1, -0.05) is 19.0 Å². The van der Waals surface area contributed by atoms with E-state index in [-0.39, 0.29) is 17.8 Å². The van der Waals surface area contributed by atoms with Crippen molar-refractivity contribution in [2.24, 2.45) is 22.2 Å². The molecule has 1 rings (SSSR count). The van der Waals surface area contributed by atoms with Gasteiger partial charge in [0.05, 0.1) is 0 Å². The number of carbonyl (C=O) groups is 1. The van der Waals surface area contributed by atoms with Crippen LogP contribution in [0.4, 0.5) is 0 Å². The van der Waals surface area contributed by atoms with Gasteiger partial charge in [0.15, 0.2) is 5.84 Å². The fourth-order valence-electron chi connectivity index (χ4n) is 2.36. The maximum absolute atomic E-state index is 12.8. The third kappa shape index (κ3) is 3.00. The molecule has 0 aromatic heterocycles. The molecule has 1 aliphatic rings. The highest BCUT2D eigenvalue weighted by atomic mass is 16.5. The number of amidine groups is 1. The molecule has 0 aromatic rings. The van der Waals surface area contributed by atoms with Crippen LogP contribution in [0.1, 0.15) is 33.6 Å². The minimum atomic E-state index is -0.926. The molecule has 1 unspecified atom stereocenters. The molecule has 19 heavy (non-hydrogen) atoms. The van der Waals surface area contributed by atoms with Crippen LogP contribution < -0.4 is 5.73 Å². The molecule has 0 radical (unpaired) electrons. The van der Waals surface area contributed by atoms with E-state index in [1.54, 1.807) is 11.9 Å². The van der Waals surface area contributed by atoms with Crippen LogP contribution in [0.15, 0.2) is 5.16 Å². The quantitative estimate of drug-likeness (QED) is 0.346. The number of hydrogen-bond donors (Lipinski definition) is 2. The molecule has 0 aromatic carbocycles. The molecule has 0 saturated carbocycles. The third-order valence-corrected chi connectivity index (χ3v) is 4.25. The molecule has 1 atom stereocenters. The first-order valence-corrected chi connectivity index (χ1v) is 6.70. The number of oxime groups is 1. The van der Waals surface area contributed by atoms with Crippen molar-refractivity contribution in [1.82, 2.24) is 4.90 Å². The van der Waals surface area contributed by atoms with E-state index in [4.69, 9.17) is 15.7 Å². The second kappa shape index (κ2) is 6.23. The lowest BCUT2D eigenvalue weighted by atomic mass is 9.77. The highest BCUT2D eigenvalue weighted by molar-refractivity contribution is 6.06. The molecule has 1 fully saturated rings. The van der Waals surface area contributed by atoms with E-state index >= 15 is 0 Å². The lowest BCUT2D eigenvalue weighted by Gasteiger charge is -2.40. The third-order valence-electron chi connectivity index (χ3n) is 4.25. The summed E-state index contributed by atoms with van der Waals surface area (Å²) < 4.78 is 5.29. The van der Waals surface area contributed by atoms with Crippen LogP contribution in [0.25, 0.3) is 0 Å². The molecule has 6 nitrogen and oxygen atoms in total. The Labute approximate surface area is 114 Å². The minimum absolute atomic E-state index is 0.0105. The molecule has 1 saturated heterocycles. The van der Waals surface area contributed by atoms with E-state index in [2.05, 4.69) is 19.0 Å². The Bertz CT molecular complexity index is 349. The number of nitrogens with zero attached hydrogens (tertiary/aromatic N) is 2. The number of carbonyl (C=O) groups excluding carboxylic acids is 1. The minimum Gasteiger partial charge on any atom is -0.409 e. The summed E-state index contributed by atoms with van der Waals surface area (Å²) in [5.41, 5.74) is 4.87. The SMILES string of the molecule is CC(C)C(C)N(C)C(=O)C1(C(N)=NO)CCOCC1. The van der Waals surface area contributed by atoms with Gasteiger partial charge in [0.2, 0.25) is 5.91 Å². The van der Waals surface area contributed by atoms with Crippen molar-refractivity contribution in [3.8, 4) is 0 Å². The monoisotopic (exact) mass is 271 g/mol. The summed E-state index contributed by atoms with van der Waals surface area (Å²) in [5.74, 6) is 0.244. The Hall–Kier alpha value is -1.30. The zero-order chi connectivity index (χ0) is 14.6. The van der Waals surface area contributed by atoms with Crippen LogP contribution in [0.3, 0.4) is 0 Å². The molecular weight excluding hydrogens is 246 g/mol. The Morgan fingerprint density at radius 2 is 1.89 bits per heavy atom. The molecule has 0 bridgehead atoms. The lowest BCUT2D eigenvalue weighted by Crippen LogP contribution is -2.55. The molecule has 3 N–H and O–H groups in total. The highest BCUT2D eigenvalue weighted by Gasteiger charge is 2.46. The molecule has 1 heterocycles. The van der Waals surface area contributed by atoms with Crippen molar-refractivity contribution in [1.29, 1.82) is 0 Å². The van der Waals surface area contributed by atoms with Crippen LogP contribution in [0, 0.1) is 11.3 Å². The number of rotatable bonds is 4. The number of ether oxygens (including phenoxy) is 1. The second-order valence-corrected chi connectivity index (χ2v) is 5.58. The van der Waals surface area contributed by atoms with Crippen LogP contribution in [-0.2, 0) is 9.53 Å². The summed E-state index contributed by atoms with van der Waals surface area (Å²) in [6.07, 6.45) is 0.910. The van der Waals surface area contributed by atoms with Crippen LogP contribution >= 0.6 is 0 Å². The fourth-order valence-corrected chi connectivity index (χ4v) is 2.36. The number of hydrogen-bond acceptors (Lipinski definition) is 4. The first-order chi connectivity index (χ1) is 8.86. The largest absolute Gasteiger partial charge is 0.409 e. The van der Waals surface area contributed by atoms with Crippen molar-refractivity contribution < 1.29 is 14.7 Å². The molecule has 0 spiro atoms. The first-order valence-electron chi connectivity index (χ1n) is 6.70. The van der Waals surface area contributed by atoms with Gasteiger partial charge in [-0.15, -0.1) is 0 Å². The summed E-state index contributed by atoms with van der Waals surface area (Å²) >= 11 is 0. The summed E-state index contributed by atoms with van der Waals surface area (Å²) in [6, 6.07) is 0.0960. The molecule has 6 heteroatoms. The van der Waals surface area contributed by atoms with Gasteiger partial charge < -0.3 is 20.6 Å². The standard InChI is InChI=1S/C13H25N3O3/c1-9(2)10(3)16(4)12(17)13(11(14)15-18)5-7-19-8-6-13/h9-10,18H,5-8H2,1-4H3,(H2,14,15). The van der Waals surface area contributed by atoms with E-state index in [0.717, 1.165) is 0 Å². The van der Waals surface area contributed by atoms with Gasteiger partial charge in [0.25, 0.3) is 0 Å². The topological polar surface area (TPSA) is 88.2 Å². The van der Waals surface area contributed by atoms with E-state index in [0.29, 0.717) is 32.0 Å². The molecule has 110 valence electrons. The van der Waals surface area contributed by atoms with E-state index < -0.39 is 5.41 Å². The van der Waals surface area contributed by atoms with E-state index in [1.165, 1.54) is 0 Å². The average Bonchev–Trinajstić information content (AvgIpc) is 2.44. The molecule has 1 amide bonds. The summed E-state index contributed by atoms with van der Waals surface area (Å²) in [6.45, 7) is 7.03. The summed E-state index contributed by atoms with van der Waals surface area (Å²) in [7, 11) is 1.77. The lowest BCUT2D eigenvalue weighted by molar-refractivity contribution is -0.144. The second-order valence-electron chi connectivity index (χ2n) is 5.58. The zero-order valence-electron chi connectivity index (χ0n) is 12.2. The van der Waals surface area contributed by atoms with E-state index in [9.17, 15) is 4.79 Å². The van der Waals surface area contributed by atoms with Crippen molar-refractivity contribution >= 4 is 11.7 Å². The molecular formula is C13H25N3O3. The van der Waals surface area contributed by atoms with E-state index in [1.807, 2.05) is 6.92 Å². The van der Waals surface area contributed by atoms with Gasteiger partial charge in [-0.3, -0.25) is 4.79 Å². The Balaban J connectivity index is 3.02. The molecule has 1 aliphatic heterocycles. The highest BCUT2D eigenvalue weighted by Crippen LogP contribution is 2.33. The predicted octanol–water partition coefficient (Wildman–Crippen LogP) is 1.03. The average molecular weight is 271 g/mol. The first kappa shape index (κ1) is 15.8. The maximum atomic E-state index is 12.8. The Morgan fingerprint density at radius 1 is 1.37 bits per heavy atom. The van der Waals surface area contributed by atoms with Gasteiger partial charge in [-0.05, 0) is 25.7 Å². The molecule has 0 aliphatic carbocycles.